The van der Waals surface area contributed by atoms with Crippen LogP contribution in [-0.4, -0.2) is 33.5 Å². The molecule has 0 aromatic heterocycles. The Morgan fingerprint density at radius 3 is 2.25 bits per heavy atom. The van der Waals surface area contributed by atoms with Crippen molar-refractivity contribution in [3.05, 3.63) is 82.4 Å². The number of nitrogens with zero attached hydrogens (tertiary/aromatic N) is 1. The molecule has 3 aromatic carbocycles. The van der Waals surface area contributed by atoms with Crippen molar-refractivity contribution in [3.63, 3.8) is 0 Å². The van der Waals surface area contributed by atoms with Gasteiger partial charge in [0.1, 0.15) is 16.4 Å². The standard InChI is InChI=1S/C21H19N3O7S/c1-30-18-9-6-15(7-10-18)23-32(28,29)20-13-16(8-11-19(20)31-2)22-21(25)14-4-3-5-17(12-14)24(26)27/h3-13,23H,1-2H3,(H,22,25). The Balaban J connectivity index is 1.88. The molecule has 0 aliphatic carbocycles. The molecule has 3 rings (SSSR count). The molecule has 1 amide bonds. The lowest BCUT2D eigenvalue weighted by Crippen LogP contribution is -2.16. The average molecular weight is 457 g/mol. The van der Waals surface area contributed by atoms with Crippen molar-refractivity contribution in [2.45, 2.75) is 4.90 Å². The summed E-state index contributed by atoms with van der Waals surface area (Å²) in [6.07, 6.45) is 0. The molecule has 11 heteroatoms. The van der Waals surface area contributed by atoms with E-state index in [4.69, 9.17) is 9.47 Å². The number of methoxy groups -OCH3 is 2. The Hall–Kier alpha value is -4.12. The predicted octanol–water partition coefficient (Wildman–Crippen LogP) is 3.67. The fourth-order valence-electron chi connectivity index (χ4n) is 2.80. The quantitative estimate of drug-likeness (QED) is 0.389. The van der Waals surface area contributed by atoms with E-state index in [1.165, 1.54) is 62.8 Å². The third-order valence-electron chi connectivity index (χ3n) is 4.37. The molecule has 0 saturated carbocycles. The molecule has 0 bridgehead atoms. The third kappa shape index (κ3) is 5.13. The summed E-state index contributed by atoms with van der Waals surface area (Å²) in [6, 6.07) is 15.6. The number of nitro groups is 1. The van der Waals surface area contributed by atoms with Gasteiger partial charge < -0.3 is 14.8 Å². The summed E-state index contributed by atoms with van der Waals surface area (Å²) < 4.78 is 38.6. The van der Waals surface area contributed by atoms with Gasteiger partial charge in [-0.25, -0.2) is 8.42 Å². The van der Waals surface area contributed by atoms with Crippen molar-refractivity contribution in [1.29, 1.82) is 0 Å². The molecule has 0 unspecified atom stereocenters. The van der Waals surface area contributed by atoms with Crippen molar-refractivity contribution in [2.75, 3.05) is 24.3 Å². The Morgan fingerprint density at radius 1 is 0.938 bits per heavy atom. The van der Waals surface area contributed by atoms with Gasteiger partial charge in [0, 0.05) is 29.1 Å². The number of non-ortho nitro benzene ring substituents is 1. The maximum absolute atomic E-state index is 13.0. The predicted molar refractivity (Wildman–Crippen MR) is 118 cm³/mol. The van der Waals surface area contributed by atoms with Crippen molar-refractivity contribution in [2.24, 2.45) is 0 Å². The Morgan fingerprint density at radius 2 is 1.62 bits per heavy atom. The van der Waals surface area contributed by atoms with Gasteiger partial charge in [0.2, 0.25) is 0 Å². The minimum absolute atomic E-state index is 0.0517. The van der Waals surface area contributed by atoms with Gasteiger partial charge in [-0.3, -0.25) is 19.6 Å². The summed E-state index contributed by atoms with van der Waals surface area (Å²) in [5.74, 6) is 0.000995. The lowest BCUT2D eigenvalue weighted by atomic mass is 10.2. The van der Waals surface area contributed by atoms with Crippen LogP contribution < -0.4 is 19.5 Å². The number of nitrogens with one attached hydrogen (secondary N) is 2. The van der Waals surface area contributed by atoms with Gasteiger partial charge in [-0.05, 0) is 48.5 Å². The van der Waals surface area contributed by atoms with Gasteiger partial charge >= 0.3 is 0 Å². The molecule has 0 atom stereocenters. The molecular formula is C21H19N3O7S. The van der Waals surface area contributed by atoms with Gasteiger partial charge in [-0.15, -0.1) is 0 Å². The minimum Gasteiger partial charge on any atom is -0.497 e. The van der Waals surface area contributed by atoms with Crippen LogP contribution in [0, 0.1) is 10.1 Å². The first kappa shape index (κ1) is 22.6. The molecule has 0 spiro atoms. The molecule has 2 N–H and O–H groups in total. The van der Waals surface area contributed by atoms with E-state index in [9.17, 15) is 23.3 Å². The molecule has 0 aliphatic heterocycles. The summed E-state index contributed by atoms with van der Waals surface area (Å²) in [4.78, 5) is 22.6. The number of hydrogen-bond acceptors (Lipinski definition) is 7. The Bertz CT molecular complexity index is 1260. The Labute approximate surface area is 184 Å². The molecular weight excluding hydrogens is 438 g/mol. The van der Waals surface area contributed by atoms with E-state index in [-0.39, 0.29) is 27.6 Å². The second kappa shape index (κ2) is 9.35. The molecule has 10 nitrogen and oxygen atoms in total. The van der Waals surface area contributed by atoms with E-state index >= 15 is 0 Å². The highest BCUT2D eigenvalue weighted by Crippen LogP contribution is 2.29. The zero-order valence-corrected chi connectivity index (χ0v) is 17.9. The first-order chi connectivity index (χ1) is 15.2. The number of anilines is 2. The highest BCUT2D eigenvalue weighted by molar-refractivity contribution is 7.92. The van der Waals surface area contributed by atoms with Crippen LogP contribution in [0.15, 0.2) is 71.6 Å². The second-order valence-corrected chi connectivity index (χ2v) is 8.11. The fraction of sp³-hybridized carbons (Fsp3) is 0.0952. The van der Waals surface area contributed by atoms with Crippen molar-refractivity contribution >= 4 is 33.0 Å². The number of rotatable bonds is 8. The van der Waals surface area contributed by atoms with Crippen LogP contribution in [0.5, 0.6) is 11.5 Å². The molecule has 3 aromatic rings. The maximum Gasteiger partial charge on any atom is 0.270 e. The first-order valence-corrected chi connectivity index (χ1v) is 10.6. The number of carbonyl (C=O) groups excluding carboxylic acids is 1. The van der Waals surface area contributed by atoms with Gasteiger partial charge in [-0.2, -0.15) is 0 Å². The smallest absolute Gasteiger partial charge is 0.270 e. The first-order valence-electron chi connectivity index (χ1n) is 9.14. The lowest BCUT2D eigenvalue weighted by Gasteiger charge is -2.14. The van der Waals surface area contributed by atoms with Gasteiger partial charge in [0.15, 0.2) is 0 Å². The number of benzene rings is 3. The second-order valence-electron chi connectivity index (χ2n) is 6.46. The zero-order valence-electron chi connectivity index (χ0n) is 17.1. The van der Waals surface area contributed by atoms with E-state index in [2.05, 4.69) is 10.0 Å². The summed E-state index contributed by atoms with van der Waals surface area (Å²) in [5, 5.41) is 13.5. The van der Waals surface area contributed by atoms with Crippen LogP contribution in [-0.2, 0) is 10.0 Å². The molecule has 0 heterocycles. The fourth-order valence-corrected chi connectivity index (χ4v) is 4.05. The van der Waals surface area contributed by atoms with Gasteiger partial charge in [0.05, 0.1) is 19.1 Å². The highest BCUT2D eigenvalue weighted by atomic mass is 32.2. The number of amides is 1. The lowest BCUT2D eigenvalue weighted by molar-refractivity contribution is -0.384. The normalized spacial score (nSPS) is 10.8. The van der Waals surface area contributed by atoms with E-state index in [0.29, 0.717) is 11.4 Å². The Kier molecular flexibility index (Phi) is 6.59. The summed E-state index contributed by atoms with van der Waals surface area (Å²) in [7, 11) is -1.25. The SMILES string of the molecule is COc1ccc(NS(=O)(=O)c2cc(NC(=O)c3cccc([N+](=O)[O-])c3)ccc2OC)cc1. The number of carbonyl (C=O) groups is 1. The summed E-state index contributed by atoms with van der Waals surface area (Å²) >= 11 is 0. The molecule has 0 aliphatic rings. The van der Waals surface area contributed by atoms with E-state index in [1.807, 2.05) is 0 Å². The monoisotopic (exact) mass is 457 g/mol. The van der Waals surface area contributed by atoms with Crippen LogP contribution in [0.3, 0.4) is 0 Å². The topological polar surface area (TPSA) is 137 Å². The summed E-state index contributed by atoms with van der Waals surface area (Å²) in [5.41, 5.74) is 0.284. The summed E-state index contributed by atoms with van der Waals surface area (Å²) in [6.45, 7) is 0. The average Bonchev–Trinajstić information content (AvgIpc) is 2.79. The third-order valence-corrected chi connectivity index (χ3v) is 5.77. The number of nitro benzene ring substituents is 1. The highest BCUT2D eigenvalue weighted by Gasteiger charge is 2.21. The van der Waals surface area contributed by atoms with Crippen molar-refractivity contribution in [1.82, 2.24) is 0 Å². The zero-order chi connectivity index (χ0) is 23.3. The van der Waals surface area contributed by atoms with Crippen LogP contribution in [0.4, 0.5) is 17.1 Å². The number of ether oxygens (including phenoxy) is 2. The minimum atomic E-state index is -4.07. The van der Waals surface area contributed by atoms with Gasteiger partial charge in [0.25, 0.3) is 21.6 Å². The van der Waals surface area contributed by atoms with E-state index in [1.54, 1.807) is 12.1 Å². The van der Waals surface area contributed by atoms with Crippen molar-refractivity contribution in [3.8, 4) is 11.5 Å². The molecule has 0 radical (unpaired) electrons. The molecule has 32 heavy (non-hydrogen) atoms. The van der Waals surface area contributed by atoms with E-state index in [0.717, 1.165) is 6.07 Å². The van der Waals surface area contributed by atoms with Crippen LogP contribution >= 0.6 is 0 Å². The van der Waals surface area contributed by atoms with Crippen LogP contribution in [0.1, 0.15) is 10.4 Å². The number of sulfonamides is 1. The van der Waals surface area contributed by atoms with Crippen LogP contribution in [0.25, 0.3) is 0 Å². The molecule has 0 saturated heterocycles. The number of hydrogen-bond donors (Lipinski definition) is 2. The largest absolute Gasteiger partial charge is 0.497 e. The molecule has 0 fully saturated rings. The van der Waals surface area contributed by atoms with Gasteiger partial charge in [-0.1, -0.05) is 6.07 Å². The van der Waals surface area contributed by atoms with E-state index < -0.39 is 20.9 Å². The van der Waals surface area contributed by atoms with Crippen LogP contribution in [0.2, 0.25) is 0 Å². The van der Waals surface area contributed by atoms with Crippen molar-refractivity contribution < 1.29 is 27.6 Å². The maximum atomic E-state index is 13.0. The molecule has 166 valence electrons.